The Morgan fingerprint density at radius 1 is 1.18 bits per heavy atom. The van der Waals surface area contributed by atoms with Crippen molar-refractivity contribution in [1.82, 2.24) is 15.2 Å². The summed E-state index contributed by atoms with van der Waals surface area (Å²) in [6.07, 6.45) is 0.604. The van der Waals surface area contributed by atoms with Gasteiger partial charge in [0.1, 0.15) is 11.6 Å². The topological polar surface area (TPSA) is 67.6 Å². The van der Waals surface area contributed by atoms with Crippen LogP contribution in [-0.2, 0) is 13.0 Å². The second-order valence-corrected chi connectivity index (χ2v) is 3.21. The van der Waals surface area contributed by atoms with Crippen LogP contribution in [0.2, 0.25) is 0 Å². The molecular formula is C10H13Cl2FN4. The molecule has 0 bridgehead atoms. The van der Waals surface area contributed by atoms with E-state index in [1.807, 2.05) is 0 Å². The molecule has 4 nitrogen and oxygen atoms in total. The fraction of sp³-hybridized carbons (Fsp3) is 0.200. The number of halogens is 3. The molecule has 2 rings (SSSR count). The van der Waals surface area contributed by atoms with E-state index < -0.39 is 0 Å². The summed E-state index contributed by atoms with van der Waals surface area (Å²) in [4.78, 5) is 4.16. The zero-order chi connectivity index (χ0) is 10.7. The number of aromatic nitrogens is 3. The summed E-state index contributed by atoms with van der Waals surface area (Å²) < 4.78 is 12.6. The Kier molecular flexibility index (Phi) is 6.72. The third kappa shape index (κ3) is 4.30. The maximum Gasteiger partial charge on any atom is 0.164 e. The molecule has 0 amide bonds. The van der Waals surface area contributed by atoms with E-state index in [1.54, 1.807) is 12.1 Å². The zero-order valence-corrected chi connectivity index (χ0v) is 10.5. The number of hydrogen-bond acceptors (Lipinski definition) is 3. The lowest BCUT2D eigenvalue weighted by Crippen LogP contribution is -1.98. The number of aromatic amines is 1. The van der Waals surface area contributed by atoms with Gasteiger partial charge in [0.15, 0.2) is 5.82 Å². The van der Waals surface area contributed by atoms with E-state index in [2.05, 4.69) is 15.2 Å². The lowest BCUT2D eigenvalue weighted by Gasteiger charge is -1.96. The van der Waals surface area contributed by atoms with Crippen LogP contribution in [0.1, 0.15) is 17.2 Å². The second-order valence-electron chi connectivity index (χ2n) is 3.21. The summed E-state index contributed by atoms with van der Waals surface area (Å²) in [6.45, 7) is 0.319. The third-order valence-electron chi connectivity index (χ3n) is 2.05. The maximum absolute atomic E-state index is 12.6. The highest BCUT2D eigenvalue weighted by Crippen LogP contribution is 2.06. The van der Waals surface area contributed by atoms with Crippen LogP contribution < -0.4 is 5.73 Å². The maximum atomic E-state index is 12.6. The summed E-state index contributed by atoms with van der Waals surface area (Å²) in [5.41, 5.74) is 6.36. The number of hydrogen-bond donors (Lipinski definition) is 2. The minimum absolute atomic E-state index is 0. The molecule has 1 aromatic heterocycles. The molecule has 0 spiro atoms. The molecule has 0 radical (unpaired) electrons. The molecule has 0 aliphatic rings. The van der Waals surface area contributed by atoms with E-state index in [9.17, 15) is 4.39 Å². The molecular weight excluding hydrogens is 266 g/mol. The van der Waals surface area contributed by atoms with E-state index in [4.69, 9.17) is 5.73 Å². The molecule has 94 valence electrons. The highest BCUT2D eigenvalue weighted by Gasteiger charge is 2.02. The number of nitrogens with two attached hydrogens (primary N) is 1. The van der Waals surface area contributed by atoms with Crippen molar-refractivity contribution in [2.45, 2.75) is 13.0 Å². The monoisotopic (exact) mass is 278 g/mol. The predicted octanol–water partition coefficient (Wildman–Crippen LogP) is 1.84. The summed E-state index contributed by atoms with van der Waals surface area (Å²) in [6, 6.07) is 6.30. The average molecular weight is 279 g/mol. The minimum Gasteiger partial charge on any atom is -0.324 e. The van der Waals surface area contributed by atoms with Crippen LogP contribution >= 0.6 is 24.8 Å². The van der Waals surface area contributed by atoms with Crippen LogP contribution in [0.15, 0.2) is 24.3 Å². The highest BCUT2D eigenvalue weighted by molar-refractivity contribution is 5.85. The third-order valence-corrected chi connectivity index (χ3v) is 2.05. The first kappa shape index (κ1) is 15.8. The number of rotatable bonds is 3. The first-order valence-electron chi connectivity index (χ1n) is 4.62. The van der Waals surface area contributed by atoms with Crippen molar-refractivity contribution < 1.29 is 4.39 Å². The lowest BCUT2D eigenvalue weighted by atomic mass is 10.1. The molecule has 0 aliphatic carbocycles. The Balaban J connectivity index is 0.00000128. The van der Waals surface area contributed by atoms with Crippen LogP contribution in [0, 0.1) is 5.82 Å². The molecule has 0 fully saturated rings. The van der Waals surface area contributed by atoms with Crippen LogP contribution in [0.3, 0.4) is 0 Å². The Morgan fingerprint density at radius 2 is 1.82 bits per heavy atom. The van der Waals surface area contributed by atoms with Crippen molar-refractivity contribution in [2.24, 2.45) is 5.73 Å². The van der Waals surface area contributed by atoms with Crippen LogP contribution in [0.4, 0.5) is 4.39 Å². The minimum atomic E-state index is -0.237. The van der Waals surface area contributed by atoms with E-state index in [-0.39, 0.29) is 30.6 Å². The van der Waals surface area contributed by atoms with Crippen LogP contribution in [0.25, 0.3) is 0 Å². The number of nitrogens with zero attached hydrogens (tertiary/aromatic N) is 2. The first-order chi connectivity index (χ1) is 7.28. The fourth-order valence-corrected chi connectivity index (χ4v) is 1.30. The molecule has 3 N–H and O–H groups in total. The molecule has 0 unspecified atom stereocenters. The van der Waals surface area contributed by atoms with Gasteiger partial charge in [-0.25, -0.2) is 9.37 Å². The van der Waals surface area contributed by atoms with Gasteiger partial charge in [0, 0.05) is 6.42 Å². The fourth-order valence-electron chi connectivity index (χ4n) is 1.30. The molecule has 0 aliphatic heterocycles. The number of H-pyrrole nitrogens is 1. The Morgan fingerprint density at radius 3 is 2.35 bits per heavy atom. The molecule has 0 atom stereocenters. The van der Waals surface area contributed by atoms with E-state index in [1.165, 1.54) is 12.1 Å². The molecule has 7 heteroatoms. The Bertz CT molecular complexity index is 444. The molecule has 1 aromatic carbocycles. The van der Waals surface area contributed by atoms with Crippen molar-refractivity contribution >= 4 is 24.8 Å². The summed E-state index contributed by atoms with van der Waals surface area (Å²) >= 11 is 0. The van der Waals surface area contributed by atoms with E-state index >= 15 is 0 Å². The van der Waals surface area contributed by atoms with Gasteiger partial charge >= 0.3 is 0 Å². The zero-order valence-electron chi connectivity index (χ0n) is 8.89. The Hall–Kier alpha value is -1.17. The summed E-state index contributed by atoms with van der Waals surface area (Å²) in [5.74, 6) is 1.09. The van der Waals surface area contributed by atoms with Crippen LogP contribution in [-0.4, -0.2) is 15.2 Å². The first-order valence-corrected chi connectivity index (χ1v) is 4.62. The van der Waals surface area contributed by atoms with Gasteiger partial charge in [-0.15, -0.1) is 24.8 Å². The summed E-state index contributed by atoms with van der Waals surface area (Å²) in [5, 5.41) is 6.70. The van der Waals surface area contributed by atoms with Gasteiger partial charge in [-0.2, -0.15) is 5.10 Å². The summed E-state index contributed by atoms with van der Waals surface area (Å²) in [7, 11) is 0. The number of nitrogens with one attached hydrogen (secondary N) is 1. The lowest BCUT2D eigenvalue weighted by molar-refractivity contribution is 0.627. The normalized spacial score (nSPS) is 9.29. The van der Waals surface area contributed by atoms with Gasteiger partial charge in [0.05, 0.1) is 6.54 Å². The van der Waals surface area contributed by atoms with Crippen molar-refractivity contribution in [1.29, 1.82) is 0 Å². The van der Waals surface area contributed by atoms with Gasteiger partial charge in [-0.05, 0) is 17.7 Å². The average Bonchev–Trinajstić information content (AvgIpc) is 2.69. The Labute approximate surface area is 111 Å². The van der Waals surface area contributed by atoms with E-state index in [0.29, 0.717) is 18.8 Å². The van der Waals surface area contributed by atoms with Crippen molar-refractivity contribution in [3.63, 3.8) is 0 Å². The molecule has 1 heterocycles. The second kappa shape index (κ2) is 7.21. The van der Waals surface area contributed by atoms with Gasteiger partial charge in [-0.3, -0.25) is 5.10 Å². The van der Waals surface area contributed by atoms with Crippen molar-refractivity contribution in [3.05, 3.63) is 47.3 Å². The van der Waals surface area contributed by atoms with Gasteiger partial charge in [0.25, 0.3) is 0 Å². The SMILES string of the molecule is Cl.Cl.NCc1n[nH]c(Cc2ccc(F)cc2)n1. The standard InChI is InChI=1S/C10H11FN4.2ClH/c11-8-3-1-7(2-4-8)5-9-13-10(6-12)15-14-9;;/h1-4H,5-6,12H2,(H,13,14,15);2*1H. The molecule has 2 aromatic rings. The predicted molar refractivity (Wildman–Crippen MR) is 68.0 cm³/mol. The molecule has 17 heavy (non-hydrogen) atoms. The quantitative estimate of drug-likeness (QED) is 0.900. The van der Waals surface area contributed by atoms with Gasteiger partial charge < -0.3 is 5.73 Å². The van der Waals surface area contributed by atoms with Gasteiger partial charge in [-0.1, -0.05) is 12.1 Å². The number of benzene rings is 1. The molecule has 0 saturated carbocycles. The molecule has 0 saturated heterocycles. The van der Waals surface area contributed by atoms with Crippen LogP contribution in [0.5, 0.6) is 0 Å². The van der Waals surface area contributed by atoms with Crippen molar-refractivity contribution in [3.8, 4) is 0 Å². The largest absolute Gasteiger partial charge is 0.324 e. The van der Waals surface area contributed by atoms with E-state index in [0.717, 1.165) is 11.4 Å². The van der Waals surface area contributed by atoms with Crippen molar-refractivity contribution in [2.75, 3.05) is 0 Å². The highest BCUT2D eigenvalue weighted by atomic mass is 35.5. The van der Waals surface area contributed by atoms with Gasteiger partial charge in [0.2, 0.25) is 0 Å². The smallest absolute Gasteiger partial charge is 0.164 e.